The molecule has 3 rings (SSSR count). The van der Waals surface area contributed by atoms with E-state index in [0.29, 0.717) is 18.5 Å². The second-order valence-corrected chi connectivity index (χ2v) is 5.05. The SMILES string of the molecule is O=C1CCCN1c1ccc(-c2ncnn2CC(F)(F)F)cc1. The summed E-state index contributed by atoms with van der Waals surface area (Å²) in [6.45, 7) is -0.517. The highest BCUT2D eigenvalue weighted by molar-refractivity contribution is 5.95. The van der Waals surface area contributed by atoms with Crippen LogP contribution in [0.4, 0.5) is 18.9 Å². The monoisotopic (exact) mass is 310 g/mol. The number of alkyl halides is 3. The second-order valence-electron chi connectivity index (χ2n) is 5.05. The van der Waals surface area contributed by atoms with E-state index in [4.69, 9.17) is 0 Å². The molecular weight excluding hydrogens is 297 g/mol. The van der Waals surface area contributed by atoms with Gasteiger partial charge in [0.25, 0.3) is 0 Å². The molecule has 5 nitrogen and oxygen atoms in total. The van der Waals surface area contributed by atoms with Gasteiger partial charge in [0.05, 0.1) is 0 Å². The molecule has 0 saturated carbocycles. The van der Waals surface area contributed by atoms with Crippen LogP contribution < -0.4 is 4.90 Å². The number of rotatable bonds is 3. The summed E-state index contributed by atoms with van der Waals surface area (Å²) < 4.78 is 38.3. The van der Waals surface area contributed by atoms with E-state index in [-0.39, 0.29) is 11.7 Å². The Labute approximate surface area is 124 Å². The average molecular weight is 310 g/mol. The number of hydrogen-bond donors (Lipinski definition) is 0. The summed E-state index contributed by atoms with van der Waals surface area (Å²) in [6, 6.07) is 6.73. The average Bonchev–Trinajstić information content (AvgIpc) is 3.06. The van der Waals surface area contributed by atoms with E-state index in [9.17, 15) is 18.0 Å². The maximum atomic E-state index is 12.5. The summed E-state index contributed by atoms with van der Waals surface area (Å²) in [5, 5.41) is 3.61. The van der Waals surface area contributed by atoms with Crippen LogP contribution >= 0.6 is 0 Å². The molecule has 1 fully saturated rings. The summed E-state index contributed by atoms with van der Waals surface area (Å²) in [7, 11) is 0. The minimum absolute atomic E-state index is 0.0630. The summed E-state index contributed by atoms with van der Waals surface area (Å²) in [5.41, 5.74) is 1.27. The molecule has 0 unspecified atom stereocenters. The molecule has 1 aromatic heterocycles. The molecule has 0 N–H and O–H groups in total. The van der Waals surface area contributed by atoms with Crippen molar-refractivity contribution in [2.75, 3.05) is 11.4 Å². The molecule has 1 aliphatic heterocycles. The smallest absolute Gasteiger partial charge is 0.312 e. The van der Waals surface area contributed by atoms with Gasteiger partial charge in [0.15, 0.2) is 5.82 Å². The number of benzene rings is 1. The molecule has 22 heavy (non-hydrogen) atoms. The van der Waals surface area contributed by atoms with Crippen LogP contribution in [0.1, 0.15) is 12.8 Å². The van der Waals surface area contributed by atoms with E-state index in [1.165, 1.54) is 0 Å². The van der Waals surface area contributed by atoms with Crippen LogP contribution in [0.15, 0.2) is 30.6 Å². The van der Waals surface area contributed by atoms with Gasteiger partial charge in [-0.3, -0.25) is 4.79 Å². The number of nitrogens with zero attached hydrogens (tertiary/aromatic N) is 4. The third-order valence-electron chi connectivity index (χ3n) is 3.46. The molecular formula is C14H13F3N4O. The van der Waals surface area contributed by atoms with Gasteiger partial charge in [-0.25, -0.2) is 9.67 Å². The molecule has 0 atom stereocenters. The van der Waals surface area contributed by atoms with Crippen LogP contribution in [0.2, 0.25) is 0 Å². The fourth-order valence-corrected chi connectivity index (χ4v) is 2.48. The highest BCUT2D eigenvalue weighted by Crippen LogP contribution is 2.26. The molecule has 2 aromatic rings. The minimum atomic E-state index is -4.36. The van der Waals surface area contributed by atoms with Gasteiger partial charge in [-0.2, -0.15) is 18.3 Å². The van der Waals surface area contributed by atoms with Crippen molar-refractivity contribution in [2.24, 2.45) is 0 Å². The molecule has 1 aromatic carbocycles. The summed E-state index contributed by atoms with van der Waals surface area (Å²) in [6.07, 6.45) is -1.91. The normalized spacial score (nSPS) is 15.6. The van der Waals surface area contributed by atoms with Crippen molar-refractivity contribution in [3.63, 3.8) is 0 Å². The van der Waals surface area contributed by atoms with Crippen LogP contribution in [0.25, 0.3) is 11.4 Å². The summed E-state index contributed by atoms with van der Waals surface area (Å²) >= 11 is 0. The Hall–Kier alpha value is -2.38. The molecule has 1 amide bonds. The quantitative estimate of drug-likeness (QED) is 0.875. The molecule has 0 radical (unpaired) electrons. The van der Waals surface area contributed by atoms with E-state index in [0.717, 1.165) is 23.1 Å². The van der Waals surface area contributed by atoms with Gasteiger partial charge >= 0.3 is 6.18 Å². The Balaban J connectivity index is 1.84. The van der Waals surface area contributed by atoms with Crippen molar-refractivity contribution in [3.8, 4) is 11.4 Å². The lowest BCUT2D eigenvalue weighted by Gasteiger charge is -2.16. The Morgan fingerprint density at radius 2 is 1.91 bits per heavy atom. The van der Waals surface area contributed by atoms with Crippen LogP contribution in [-0.2, 0) is 11.3 Å². The van der Waals surface area contributed by atoms with Crippen molar-refractivity contribution >= 4 is 11.6 Å². The van der Waals surface area contributed by atoms with Gasteiger partial charge in [-0.1, -0.05) is 0 Å². The zero-order valence-electron chi connectivity index (χ0n) is 11.5. The van der Waals surface area contributed by atoms with E-state index < -0.39 is 12.7 Å². The standard InChI is InChI=1S/C14H13F3N4O/c15-14(16,17)8-21-13(18-9-19-21)10-3-5-11(6-4-10)20-7-1-2-12(20)22/h3-6,9H,1-2,7-8H2. The second kappa shape index (κ2) is 5.43. The highest BCUT2D eigenvalue weighted by atomic mass is 19.4. The number of hydrogen-bond acceptors (Lipinski definition) is 3. The van der Waals surface area contributed by atoms with E-state index >= 15 is 0 Å². The first kappa shape index (κ1) is 14.6. The fourth-order valence-electron chi connectivity index (χ4n) is 2.48. The molecule has 1 aliphatic rings. The lowest BCUT2D eigenvalue weighted by Crippen LogP contribution is -2.23. The number of halogens is 3. The maximum absolute atomic E-state index is 12.5. The summed E-state index contributed by atoms with van der Waals surface area (Å²) in [4.78, 5) is 17.2. The number of amides is 1. The maximum Gasteiger partial charge on any atom is 0.408 e. The zero-order chi connectivity index (χ0) is 15.7. The molecule has 1 saturated heterocycles. The Morgan fingerprint density at radius 3 is 2.50 bits per heavy atom. The predicted octanol–water partition coefficient (Wildman–Crippen LogP) is 2.63. The van der Waals surface area contributed by atoms with Crippen molar-refractivity contribution in [3.05, 3.63) is 30.6 Å². The minimum Gasteiger partial charge on any atom is -0.312 e. The van der Waals surface area contributed by atoms with E-state index in [1.807, 2.05) is 0 Å². The van der Waals surface area contributed by atoms with Gasteiger partial charge in [-0.15, -0.1) is 0 Å². The Kier molecular flexibility index (Phi) is 3.59. The van der Waals surface area contributed by atoms with Crippen molar-refractivity contribution in [1.29, 1.82) is 0 Å². The van der Waals surface area contributed by atoms with Crippen molar-refractivity contribution < 1.29 is 18.0 Å². The molecule has 0 aliphatic carbocycles. The van der Waals surface area contributed by atoms with Gasteiger partial charge in [0.1, 0.15) is 12.9 Å². The molecule has 0 spiro atoms. The lowest BCUT2D eigenvalue weighted by molar-refractivity contribution is -0.142. The Morgan fingerprint density at radius 1 is 1.18 bits per heavy atom. The van der Waals surface area contributed by atoms with Crippen LogP contribution in [-0.4, -0.2) is 33.4 Å². The molecule has 2 heterocycles. The largest absolute Gasteiger partial charge is 0.408 e. The fraction of sp³-hybridized carbons (Fsp3) is 0.357. The number of carbonyl (C=O) groups is 1. The third-order valence-corrected chi connectivity index (χ3v) is 3.46. The topological polar surface area (TPSA) is 51.0 Å². The van der Waals surface area contributed by atoms with Crippen molar-refractivity contribution in [2.45, 2.75) is 25.6 Å². The number of carbonyl (C=O) groups excluding carboxylic acids is 1. The van der Waals surface area contributed by atoms with Gasteiger partial charge in [0.2, 0.25) is 5.91 Å². The highest BCUT2D eigenvalue weighted by Gasteiger charge is 2.30. The molecule has 0 bridgehead atoms. The van der Waals surface area contributed by atoms with Gasteiger partial charge in [0, 0.05) is 24.2 Å². The first-order chi connectivity index (χ1) is 10.4. The van der Waals surface area contributed by atoms with Gasteiger partial charge < -0.3 is 4.90 Å². The Bertz CT molecular complexity index is 678. The van der Waals surface area contributed by atoms with Crippen LogP contribution in [0, 0.1) is 0 Å². The first-order valence-electron chi connectivity index (χ1n) is 6.79. The summed E-state index contributed by atoms with van der Waals surface area (Å²) in [5.74, 6) is 0.213. The zero-order valence-corrected chi connectivity index (χ0v) is 11.5. The molecule has 8 heteroatoms. The van der Waals surface area contributed by atoms with Crippen LogP contribution in [0.3, 0.4) is 0 Å². The number of aromatic nitrogens is 3. The van der Waals surface area contributed by atoms with Crippen LogP contribution in [0.5, 0.6) is 0 Å². The third kappa shape index (κ3) is 2.95. The van der Waals surface area contributed by atoms with E-state index in [2.05, 4.69) is 10.1 Å². The first-order valence-corrected chi connectivity index (χ1v) is 6.79. The van der Waals surface area contributed by atoms with Gasteiger partial charge in [-0.05, 0) is 30.7 Å². The van der Waals surface area contributed by atoms with Crippen molar-refractivity contribution in [1.82, 2.24) is 14.8 Å². The lowest BCUT2D eigenvalue weighted by atomic mass is 10.2. The predicted molar refractivity (Wildman–Crippen MR) is 73.1 cm³/mol. The van der Waals surface area contributed by atoms with E-state index in [1.54, 1.807) is 29.2 Å². The molecule has 116 valence electrons. The number of anilines is 1.